The summed E-state index contributed by atoms with van der Waals surface area (Å²) in [5, 5.41) is 0. The van der Waals surface area contributed by atoms with E-state index in [2.05, 4.69) is 6.92 Å². The summed E-state index contributed by atoms with van der Waals surface area (Å²) in [6.45, 7) is 2.66. The maximum atomic E-state index is 5.86. The zero-order chi connectivity index (χ0) is 12.6. The molecule has 1 atom stereocenters. The zero-order valence-corrected chi connectivity index (χ0v) is 10.6. The quantitative estimate of drug-likeness (QED) is 0.764. The highest BCUT2D eigenvalue weighted by atomic mass is 16.5. The van der Waals surface area contributed by atoms with Crippen LogP contribution in [0.1, 0.15) is 13.3 Å². The van der Waals surface area contributed by atoms with Crippen LogP contribution in [0.4, 0.5) is 0 Å². The molecule has 0 spiro atoms. The van der Waals surface area contributed by atoms with Crippen LogP contribution in [-0.2, 0) is 0 Å². The molecule has 2 aromatic rings. The van der Waals surface area contributed by atoms with Crippen molar-refractivity contribution in [1.29, 1.82) is 0 Å². The van der Waals surface area contributed by atoms with E-state index in [9.17, 15) is 0 Å². The van der Waals surface area contributed by atoms with Gasteiger partial charge in [0.1, 0.15) is 24.2 Å². The molecule has 0 saturated heterocycles. The Hall–Kier alpha value is -1.96. The van der Waals surface area contributed by atoms with Gasteiger partial charge < -0.3 is 9.47 Å². The normalized spacial score (nSPS) is 11.8. The molecule has 0 heterocycles. The Kier molecular flexibility index (Phi) is 4.65. The lowest BCUT2D eigenvalue weighted by Gasteiger charge is -2.18. The minimum Gasteiger partial charge on any atom is -0.490 e. The summed E-state index contributed by atoms with van der Waals surface area (Å²) in [4.78, 5) is 0. The smallest absolute Gasteiger partial charge is 0.132 e. The summed E-state index contributed by atoms with van der Waals surface area (Å²) in [5.41, 5.74) is 0. The predicted octanol–water partition coefficient (Wildman–Crippen LogP) is 3.92. The second-order valence-electron chi connectivity index (χ2n) is 4.09. The van der Waals surface area contributed by atoms with E-state index in [1.54, 1.807) is 0 Å². The van der Waals surface area contributed by atoms with Gasteiger partial charge in [0.05, 0.1) is 0 Å². The Labute approximate surface area is 108 Å². The minimum absolute atomic E-state index is 0.0765. The molecule has 0 aliphatic rings. The lowest BCUT2D eigenvalue weighted by Crippen LogP contribution is -2.23. The molecule has 0 aliphatic carbocycles. The molecule has 0 saturated carbocycles. The van der Waals surface area contributed by atoms with Crippen LogP contribution in [0.3, 0.4) is 0 Å². The molecule has 0 fully saturated rings. The first-order chi connectivity index (χ1) is 8.88. The van der Waals surface area contributed by atoms with Gasteiger partial charge in [-0.2, -0.15) is 0 Å². The number of ether oxygens (including phenoxy) is 2. The monoisotopic (exact) mass is 242 g/mol. The van der Waals surface area contributed by atoms with Crippen molar-refractivity contribution in [1.82, 2.24) is 0 Å². The fraction of sp³-hybridized carbons (Fsp3) is 0.250. The van der Waals surface area contributed by atoms with Gasteiger partial charge in [0.15, 0.2) is 0 Å². The Morgan fingerprint density at radius 3 is 1.94 bits per heavy atom. The summed E-state index contributed by atoms with van der Waals surface area (Å²) in [5.74, 6) is 1.77. The number of hydrogen-bond acceptors (Lipinski definition) is 2. The van der Waals surface area contributed by atoms with Crippen LogP contribution in [-0.4, -0.2) is 12.7 Å². The van der Waals surface area contributed by atoms with E-state index in [1.807, 2.05) is 60.7 Å². The molecular formula is C16H18O2. The van der Waals surface area contributed by atoms with Crippen LogP contribution >= 0.6 is 0 Å². The van der Waals surface area contributed by atoms with E-state index in [0.29, 0.717) is 6.61 Å². The molecule has 0 radical (unpaired) electrons. The second kappa shape index (κ2) is 6.70. The Balaban J connectivity index is 1.86. The van der Waals surface area contributed by atoms with Gasteiger partial charge in [0.25, 0.3) is 0 Å². The molecule has 2 rings (SSSR count). The molecule has 2 aromatic carbocycles. The molecule has 2 heteroatoms. The zero-order valence-electron chi connectivity index (χ0n) is 10.6. The summed E-state index contributed by atoms with van der Waals surface area (Å²) >= 11 is 0. The first-order valence-electron chi connectivity index (χ1n) is 6.28. The van der Waals surface area contributed by atoms with Gasteiger partial charge in [-0.3, -0.25) is 0 Å². The second-order valence-corrected chi connectivity index (χ2v) is 4.09. The van der Waals surface area contributed by atoms with Gasteiger partial charge in [-0.25, -0.2) is 0 Å². The van der Waals surface area contributed by atoms with Crippen LogP contribution in [0.2, 0.25) is 0 Å². The predicted molar refractivity (Wildman–Crippen MR) is 73.1 cm³/mol. The number of benzene rings is 2. The highest BCUT2D eigenvalue weighted by Crippen LogP contribution is 2.14. The molecular weight excluding hydrogens is 224 g/mol. The molecule has 0 amide bonds. The maximum absolute atomic E-state index is 5.86. The van der Waals surface area contributed by atoms with Crippen molar-refractivity contribution >= 4 is 0 Å². The molecule has 0 aromatic heterocycles. The minimum atomic E-state index is 0.0765. The van der Waals surface area contributed by atoms with E-state index >= 15 is 0 Å². The fourth-order valence-corrected chi connectivity index (χ4v) is 1.63. The van der Waals surface area contributed by atoms with Crippen molar-refractivity contribution < 1.29 is 9.47 Å². The van der Waals surface area contributed by atoms with E-state index < -0.39 is 0 Å². The standard InChI is InChI=1S/C16H18O2/c1-2-14(18-16-11-7-4-8-12-16)13-17-15-9-5-3-6-10-15/h3-12,14H,2,13H2,1H3. The van der Waals surface area contributed by atoms with Crippen LogP contribution in [0.5, 0.6) is 11.5 Å². The highest BCUT2D eigenvalue weighted by molar-refractivity contribution is 5.22. The first kappa shape index (κ1) is 12.5. The Bertz CT molecular complexity index is 439. The van der Waals surface area contributed by atoms with Crippen molar-refractivity contribution in [2.24, 2.45) is 0 Å². The topological polar surface area (TPSA) is 18.5 Å². The van der Waals surface area contributed by atoms with Crippen molar-refractivity contribution in [3.8, 4) is 11.5 Å². The van der Waals surface area contributed by atoms with Crippen molar-refractivity contribution in [3.05, 3.63) is 60.7 Å². The maximum Gasteiger partial charge on any atom is 0.132 e. The van der Waals surface area contributed by atoms with E-state index in [4.69, 9.17) is 9.47 Å². The van der Waals surface area contributed by atoms with Crippen molar-refractivity contribution in [2.75, 3.05) is 6.61 Å². The molecule has 0 bridgehead atoms. The first-order valence-corrected chi connectivity index (χ1v) is 6.28. The summed E-state index contributed by atoms with van der Waals surface area (Å²) < 4.78 is 11.6. The molecule has 18 heavy (non-hydrogen) atoms. The van der Waals surface area contributed by atoms with Crippen LogP contribution in [0, 0.1) is 0 Å². The average Bonchev–Trinajstić information content (AvgIpc) is 2.45. The molecule has 0 aliphatic heterocycles. The van der Waals surface area contributed by atoms with Gasteiger partial charge in [-0.1, -0.05) is 43.3 Å². The van der Waals surface area contributed by atoms with Gasteiger partial charge in [-0.05, 0) is 30.7 Å². The largest absolute Gasteiger partial charge is 0.490 e. The SMILES string of the molecule is CCC(COc1ccccc1)Oc1ccccc1. The van der Waals surface area contributed by atoms with Crippen LogP contribution in [0.15, 0.2) is 60.7 Å². The summed E-state index contributed by atoms with van der Waals surface area (Å²) in [7, 11) is 0. The Morgan fingerprint density at radius 2 is 1.39 bits per heavy atom. The molecule has 2 nitrogen and oxygen atoms in total. The van der Waals surface area contributed by atoms with Crippen molar-refractivity contribution in [2.45, 2.75) is 19.4 Å². The Morgan fingerprint density at radius 1 is 0.833 bits per heavy atom. The summed E-state index contributed by atoms with van der Waals surface area (Å²) in [6, 6.07) is 19.7. The third kappa shape index (κ3) is 3.81. The van der Waals surface area contributed by atoms with E-state index in [1.165, 1.54) is 0 Å². The van der Waals surface area contributed by atoms with Gasteiger partial charge in [-0.15, -0.1) is 0 Å². The molecule has 94 valence electrons. The van der Waals surface area contributed by atoms with E-state index in [0.717, 1.165) is 17.9 Å². The summed E-state index contributed by atoms with van der Waals surface area (Å²) in [6.07, 6.45) is 0.995. The lowest BCUT2D eigenvalue weighted by molar-refractivity contribution is 0.125. The molecule has 0 N–H and O–H groups in total. The van der Waals surface area contributed by atoms with Gasteiger partial charge in [0, 0.05) is 0 Å². The number of para-hydroxylation sites is 2. The highest BCUT2D eigenvalue weighted by Gasteiger charge is 2.08. The average molecular weight is 242 g/mol. The third-order valence-corrected chi connectivity index (χ3v) is 2.68. The van der Waals surface area contributed by atoms with Gasteiger partial charge in [0.2, 0.25) is 0 Å². The van der Waals surface area contributed by atoms with Crippen LogP contribution < -0.4 is 9.47 Å². The third-order valence-electron chi connectivity index (χ3n) is 2.68. The van der Waals surface area contributed by atoms with Crippen LogP contribution in [0.25, 0.3) is 0 Å². The van der Waals surface area contributed by atoms with Crippen molar-refractivity contribution in [3.63, 3.8) is 0 Å². The molecule has 1 unspecified atom stereocenters. The number of hydrogen-bond donors (Lipinski definition) is 0. The van der Waals surface area contributed by atoms with Gasteiger partial charge >= 0.3 is 0 Å². The van der Waals surface area contributed by atoms with E-state index in [-0.39, 0.29) is 6.10 Å². The lowest BCUT2D eigenvalue weighted by atomic mass is 10.3. The fourth-order valence-electron chi connectivity index (χ4n) is 1.63. The number of rotatable bonds is 6.